The van der Waals surface area contributed by atoms with Crippen LogP contribution < -0.4 is 19.9 Å². The van der Waals surface area contributed by atoms with E-state index in [1.54, 1.807) is 27.4 Å². The zero-order chi connectivity index (χ0) is 12.0. The lowest BCUT2D eigenvalue weighted by Gasteiger charge is -2.13. The third-order valence-electron chi connectivity index (χ3n) is 2.18. The molecule has 0 radical (unpaired) electrons. The number of rotatable bonds is 5. The van der Waals surface area contributed by atoms with Crippen LogP contribution in [0.25, 0.3) is 6.08 Å². The molecule has 0 aromatic heterocycles. The van der Waals surface area contributed by atoms with E-state index < -0.39 is 0 Å². The highest BCUT2D eigenvalue weighted by Crippen LogP contribution is 2.38. The van der Waals surface area contributed by atoms with Gasteiger partial charge in [-0.25, -0.2) is 0 Å². The number of nitrogens with two attached hydrogens (primary N) is 1. The van der Waals surface area contributed by atoms with Crippen molar-refractivity contribution in [2.75, 3.05) is 27.9 Å². The predicted octanol–water partition coefficient (Wildman–Crippen LogP) is 1.68. The van der Waals surface area contributed by atoms with E-state index in [0.29, 0.717) is 18.0 Å². The van der Waals surface area contributed by atoms with Gasteiger partial charge in [0.1, 0.15) is 5.75 Å². The largest absolute Gasteiger partial charge is 0.496 e. The maximum atomic E-state index is 5.43. The molecule has 1 rings (SSSR count). The van der Waals surface area contributed by atoms with Crippen LogP contribution in [0.5, 0.6) is 17.2 Å². The molecule has 4 heteroatoms. The second-order valence-corrected chi connectivity index (χ2v) is 3.06. The molecule has 2 N–H and O–H groups in total. The van der Waals surface area contributed by atoms with Crippen LogP contribution in [-0.4, -0.2) is 27.9 Å². The van der Waals surface area contributed by atoms with E-state index in [9.17, 15) is 0 Å². The molecule has 0 heterocycles. The van der Waals surface area contributed by atoms with Crippen molar-refractivity contribution < 1.29 is 14.2 Å². The number of methoxy groups -OCH3 is 3. The zero-order valence-corrected chi connectivity index (χ0v) is 9.82. The topological polar surface area (TPSA) is 53.7 Å². The highest BCUT2D eigenvalue weighted by atomic mass is 16.5. The maximum Gasteiger partial charge on any atom is 0.171 e. The van der Waals surface area contributed by atoms with Gasteiger partial charge in [0.25, 0.3) is 0 Å². The molecule has 0 atom stereocenters. The normalized spacial score (nSPS) is 10.5. The summed E-state index contributed by atoms with van der Waals surface area (Å²) in [7, 11) is 4.80. The summed E-state index contributed by atoms with van der Waals surface area (Å²) in [5.74, 6) is 2.04. The lowest BCUT2D eigenvalue weighted by atomic mass is 10.1. The Morgan fingerprint density at radius 1 is 1.06 bits per heavy atom. The maximum absolute atomic E-state index is 5.43. The minimum atomic E-state index is 0.462. The first-order valence-corrected chi connectivity index (χ1v) is 4.94. The van der Waals surface area contributed by atoms with Crippen molar-refractivity contribution >= 4 is 6.08 Å². The first kappa shape index (κ1) is 12.4. The molecule has 88 valence electrons. The second kappa shape index (κ2) is 6.02. The first-order valence-electron chi connectivity index (χ1n) is 4.94. The Morgan fingerprint density at radius 3 is 2.19 bits per heavy atom. The van der Waals surface area contributed by atoms with Crippen LogP contribution in [0.2, 0.25) is 0 Å². The molecule has 1 aromatic rings. The van der Waals surface area contributed by atoms with Crippen LogP contribution in [0.3, 0.4) is 0 Å². The van der Waals surface area contributed by atoms with Crippen molar-refractivity contribution in [2.24, 2.45) is 5.73 Å². The number of benzene rings is 1. The van der Waals surface area contributed by atoms with Crippen LogP contribution in [0.4, 0.5) is 0 Å². The zero-order valence-electron chi connectivity index (χ0n) is 9.82. The van der Waals surface area contributed by atoms with Gasteiger partial charge in [-0.05, 0) is 12.1 Å². The molecule has 0 spiro atoms. The quantitative estimate of drug-likeness (QED) is 0.825. The average Bonchev–Trinajstić information content (AvgIpc) is 2.34. The van der Waals surface area contributed by atoms with E-state index in [1.165, 1.54) is 0 Å². The van der Waals surface area contributed by atoms with Crippen molar-refractivity contribution in [2.45, 2.75) is 0 Å². The third-order valence-corrected chi connectivity index (χ3v) is 2.18. The van der Waals surface area contributed by atoms with E-state index in [4.69, 9.17) is 19.9 Å². The highest BCUT2D eigenvalue weighted by molar-refractivity contribution is 5.68. The minimum absolute atomic E-state index is 0.462. The Bertz CT molecular complexity index is 375. The molecule has 0 saturated carbocycles. The Labute approximate surface area is 95.6 Å². The average molecular weight is 223 g/mol. The van der Waals surface area contributed by atoms with E-state index in [1.807, 2.05) is 18.2 Å². The molecule has 0 unspecified atom stereocenters. The summed E-state index contributed by atoms with van der Waals surface area (Å²) < 4.78 is 15.8. The van der Waals surface area contributed by atoms with Gasteiger partial charge in [0.15, 0.2) is 11.5 Å². The lowest BCUT2D eigenvalue weighted by Crippen LogP contribution is -1.97. The molecule has 0 saturated heterocycles. The van der Waals surface area contributed by atoms with Gasteiger partial charge in [0.05, 0.1) is 26.9 Å². The van der Waals surface area contributed by atoms with Gasteiger partial charge in [-0.2, -0.15) is 0 Å². The Hall–Kier alpha value is -1.68. The summed E-state index contributed by atoms with van der Waals surface area (Å²) in [6, 6.07) is 3.63. The van der Waals surface area contributed by atoms with E-state index >= 15 is 0 Å². The van der Waals surface area contributed by atoms with Crippen LogP contribution >= 0.6 is 0 Å². The summed E-state index contributed by atoms with van der Waals surface area (Å²) in [5, 5.41) is 0. The fourth-order valence-corrected chi connectivity index (χ4v) is 1.45. The highest BCUT2D eigenvalue weighted by Gasteiger charge is 2.12. The summed E-state index contributed by atoms with van der Waals surface area (Å²) in [5.41, 5.74) is 6.26. The van der Waals surface area contributed by atoms with Crippen LogP contribution in [0.15, 0.2) is 18.2 Å². The monoisotopic (exact) mass is 223 g/mol. The van der Waals surface area contributed by atoms with Crippen LogP contribution in [0, 0.1) is 0 Å². The van der Waals surface area contributed by atoms with Crippen LogP contribution in [-0.2, 0) is 0 Å². The molecule has 16 heavy (non-hydrogen) atoms. The fraction of sp³-hybridized carbons (Fsp3) is 0.333. The number of hydrogen-bond acceptors (Lipinski definition) is 4. The predicted molar refractivity (Wildman–Crippen MR) is 64.2 cm³/mol. The molecular weight excluding hydrogens is 206 g/mol. The van der Waals surface area contributed by atoms with E-state index in [-0.39, 0.29) is 0 Å². The summed E-state index contributed by atoms with van der Waals surface area (Å²) >= 11 is 0. The summed E-state index contributed by atoms with van der Waals surface area (Å²) in [6.07, 6.45) is 3.69. The minimum Gasteiger partial charge on any atom is -0.496 e. The van der Waals surface area contributed by atoms with Gasteiger partial charge in [-0.3, -0.25) is 0 Å². The number of ether oxygens (including phenoxy) is 3. The fourth-order valence-electron chi connectivity index (χ4n) is 1.45. The van der Waals surface area contributed by atoms with Crippen molar-refractivity contribution in [3.8, 4) is 17.2 Å². The molecule has 0 aliphatic heterocycles. The van der Waals surface area contributed by atoms with Gasteiger partial charge in [0, 0.05) is 6.54 Å². The molecule has 0 fully saturated rings. The van der Waals surface area contributed by atoms with Crippen molar-refractivity contribution in [1.82, 2.24) is 0 Å². The van der Waals surface area contributed by atoms with Gasteiger partial charge in [-0.15, -0.1) is 0 Å². The molecule has 4 nitrogen and oxygen atoms in total. The Kier molecular flexibility index (Phi) is 4.66. The van der Waals surface area contributed by atoms with Gasteiger partial charge >= 0.3 is 0 Å². The van der Waals surface area contributed by atoms with E-state index in [2.05, 4.69) is 0 Å². The molecule has 0 amide bonds. The van der Waals surface area contributed by atoms with Gasteiger partial charge in [-0.1, -0.05) is 12.2 Å². The second-order valence-electron chi connectivity index (χ2n) is 3.06. The first-order chi connectivity index (χ1) is 7.78. The SMILES string of the molecule is COc1ccc(OC)c(OC)c1/C=C/CN. The van der Waals surface area contributed by atoms with Crippen molar-refractivity contribution in [3.63, 3.8) is 0 Å². The lowest BCUT2D eigenvalue weighted by molar-refractivity contribution is 0.348. The standard InChI is InChI=1S/C12H17NO3/c1-14-10-6-7-11(15-2)12(16-3)9(10)5-4-8-13/h4-7H,8,13H2,1-3H3/b5-4+. The molecule has 0 aliphatic rings. The smallest absolute Gasteiger partial charge is 0.171 e. The third kappa shape index (κ3) is 2.46. The Balaban J connectivity index is 3.30. The molecule has 0 bridgehead atoms. The van der Waals surface area contributed by atoms with E-state index in [0.717, 1.165) is 11.3 Å². The van der Waals surface area contributed by atoms with Crippen LogP contribution in [0.1, 0.15) is 5.56 Å². The summed E-state index contributed by atoms with van der Waals surface area (Å²) in [6.45, 7) is 0.462. The molecule has 0 aliphatic carbocycles. The number of hydrogen-bond donors (Lipinski definition) is 1. The molecular formula is C12H17NO3. The van der Waals surface area contributed by atoms with Gasteiger partial charge in [0.2, 0.25) is 0 Å². The van der Waals surface area contributed by atoms with Crippen molar-refractivity contribution in [3.05, 3.63) is 23.8 Å². The van der Waals surface area contributed by atoms with Gasteiger partial charge < -0.3 is 19.9 Å². The van der Waals surface area contributed by atoms with Crippen molar-refractivity contribution in [1.29, 1.82) is 0 Å². The Morgan fingerprint density at radius 2 is 1.69 bits per heavy atom. The summed E-state index contributed by atoms with van der Waals surface area (Å²) in [4.78, 5) is 0. The molecule has 1 aromatic carbocycles.